The Morgan fingerprint density at radius 1 is 1.11 bits per heavy atom. The number of hydrogen-bond acceptors (Lipinski definition) is 4. The third kappa shape index (κ3) is 3.81. The van der Waals surface area contributed by atoms with E-state index in [-0.39, 0.29) is 11.9 Å². The summed E-state index contributed by atoms with van der Waals surface area (Å²) in [7, 11) is 0. The highest BCUT2D eigenvalue weighted by Gasteiger charge is 2.27. The number of aromatic nitrogens is 3. The van der Waals surface area contributed by atoms with Crippen LogP contribution in [0.15, 0.2) is 48.8 Å². The number of amides is 1. The van der Waals surface area contributed by atoms with Crippen molar-refractivity contribution in [3.8, 4) is 0 Å². The third-order valence-electron chi connectivity index (χ3n) is 4.52. The molecule has 1 aromatic carbocycles. The van der Waals surface area contributed by atoms with Crippen LogP contribution in [0.3, 0.4) is 0 Å². The smallest absolute Gasteiger partial charge is 0.308 e. The van der Waals surface area contributed by atoms with E-state index in [2.05, 4.69) is 15.4 Å². The zero-order valence-corrected chi connectivity index (χ0v) is 15.5. The zero-order chi connectivity index (χ0) is 19.6. The summed E-state index contributed by atoms with van der Waals surface area (Å²) in [6.07, 6.45) is 3.17. The van der Waals surface area contributed by atoms with Gasteiger partial charge in [-0.1, -0.05) is 30.3 Å². The van der Waals surface area contributed by atoms with Gasteiger partial charge in [0, 0.05) is 17.6 Å². The normalized spacial score (nSPS) is 13.5. The Morgan fingerprint density at radius 3 is 2.44 bits per heavy atom. The average molecular weight is 366 g/mol. The predicted molar refractivity (Wildman–Crippen MR) is 101 cm³/mol. The predicted octanol–water partition coefficient (Wildman–Crippen LogP) is 3.20. The van der Waals surface area contributed by atoms with Gasteiger partial charge in [0.1, 0.15) is 0 Å². The number of aliphatic carboxylic acids is 1. The van der Waals surface area contributed by atoms with E-state index in [0.29, 0.717) is 11.2 Å². The standard InChI is InChI=1S/C20H22N4O3/c1-12(2)24-18-15(11-22-24)9-16(10-21-18)19(25)23-17(13(3)20(26)27)14-7-5-4-6-8-14/h4-13,17H,1-3H3,(H,23,25)(H,26,27). The van der Waals surface area contributed by atoms with E-state index in [0.717, 1.165) is 10.9 Å². The number of nitrogens with zero attached hydrogens (tertiary/aromatic N) is 3. The van der Waals surface area contributed by atoms with Gasteiger partial charge < -0.3 is 10.4 Å². The maximum atomic E-state index is 12.8. The van der Waals surface area contributed by atoms with Crippen LogP contribution in [0.25, 0.3) is 11.0 Å². The highest BCUT2D eigenvalue weighted by atomic mass is 16.4. The molecule has 2 atom stereocenters. The topological polar surface area (TPSA) is 97.1 Å². The van der Waals surface area contributed by atoms with Crippen LogP contribution in [0.4, 0.5) is 0 Å². The molecule has 0 aliphatic carbocycles. The van der Waals surface area contributed by atoms with E-state index in [9.17, 15) is 14.7 Å². The van der Waals surface area contributed by atoms with Crippen LogP contribution >= 0.6 is 0 Å². The summed E-state index contributed by atoms with van der Waals surface area (Å²) in [4.78, 5) is 28.6. The van der Waals surface area contributed by atoms with E-state index < -0.39 is 17.9 Å². The molecule has 0 saturated heterocycles. The summed E-state index contributed by atoms with van der Waals surface area (Å²) in [5.74, 6) is -2.13. The van der Waals surface area contributed by atoms with Crippen LogP contribution in [0.2, 0.25) is 0 Å². The summed E-state index contributed by atoms with van der Waals surface area (Å²) in [5, 5.41) is 17.3. The molecule has 0 aliphatic heterocycles. The average Bonchev–Trinajstić information content (AvgIpc) is 3.09. The first kappa shape index (κ1) is 18.6. The number of carboxylic acids is 1. The number of nitrogens with one attached hydrogen (secondary N) is 1. The first-order chi connectivity index (χ1) is 12.9. The maximum absolute atomic E-state index is 12.8. The maximum Gasteiger partial charge on any atom is 0.308 e. The van der Waals surface area contributed by atoms with Crippen molar-refractivity contribution in [2.24, 2.45) is 5.92 Å². The fourth-order valence-electron chi connectivity index (χ4n) is 2.97. The Kier molecular flexibility index (Phi) is 5.21. The van der Waals surface area contributed by atoms with E-state index in [1.165, 1.54) is 6.20 Å². The number of carbonyl (C=O) groups is 2. The molecule has 2 heterocycles. The molecule has 2 unspecified atom stereocenters. The van der Waals surface area contributed by atoms with E-state index in [1.807, 2.05) is 32.0 Å². The molecule has 2 aromatic heterocycles. The van der Waals surface area contributed by atoms with Crippen LogP contribution in [-0.2, 0) is 4.79 Å². The van der Waals surface area contributed by atoms with Crippen LogP contribution in [-0.4, -0.2) is 31.7 Å². The third-order valence-corrected chi connectivity index (χ3v) is 4.52. The molecule has 140 valence electrons. The molecule has 3 aromatic rings. The molecule has 2 N–H and O–H groups in total. The molecule has 0 spiro atoms. The van der Waals surface area contributed by atoms with Gasteiger partial charge in [0.05, 0.1) is 23.7 Å². The number of carboxylic acid groups (broad SMARTS) is 1. The van der Waals surface area contributed by atoms with Crippen LogP contribution in [0.5, 0.6) is 0 Å². The second-order valence-electron chi connectivity index (χ2n) is 6.81. The molecule has 0 saturated carbocycles. The molecule has 27 heavy (non-hydrogen) atoms. The van der Waals surface area contributed by atoms with Crippen molar-refractivity contribution in [1.82, 2.24) is 20.1 Å². The highest BCUT2D eigenvalue weighted by Crippen LogP contribution is 2.23. The molecule has 0 aliphatic rings. The molecule has 0 fully saturated rings. The number of benzene rings is 1. The van der Waals surface area contributed by atoms with Crippen molar-refractivity contribution in [3.05, 3.63) is 59.9 Å². The molecule has 0 radical (unpaired) electrons. The molecular weight excluding hydrogens is 344 g/mol. The highest BCUT2D eigenvalue weighted by molar-refractivity contribution is 5.97. The molecule has 0 bridgehead atoms. The van der Waals surface area contributed by atoms with Crippen molar-refractivity contribution >= 4 is 22.9 Å². The summed E-state index contributed by atoms with van der Waals surface area (Å²) in [6.45, 7) is 5.59. The van der Waals surface area contributed by atoms with E-state index >= 15 is 0 Å². The molecular formula is C20H22N4O3. The minimum absolute atomic E-state index is 0.161. The van der Waals surface area contributed by atoms with Crippen molar-refractivity contribution < 1.29 is 14.7 Å². The lowest BCUT2D eigenvalue weighted by atomic mass is 9.94. The fourth-order valence-corrected chi connectivity index (χ4v) is 2.97. The number of fused-ring (bicyclic) bond motifs is 1. The second kappa shape index (κ2) is 7.57. The van der Waals surface area contributed by atoms with Crippen molar-refractivity contribution in [2.75, 3.05) is 0 Å². The second-order valence-corrected chi connectivity index (χ2v) is 6.81. The van der Waals surface area contributed by atoms with Gasteiger partial charge in [-0.15, -0.1) is 0 Å². The molecule has 1 amide bonds. The van der Waals surface area contributed by atoms with Crippen LogP contribution in [0, 0.1) is 5.92 Å². The molecule has 7 nitrogen and oxygen atoms in total. The summed E-state index contributed by atoms with van der Waals surface area (Å²) in [6, 6.07) is 10.3. The first-order valence-corrected chi connectivity index (χ1v) is 8.80. The van der Waals surface area contributed by atoms with Gasteiger partial charge in [0.15, 0.2) is 5.65 Å². The minimum atomic E-state index is -0.976. The van der Waals surface area contributed by atoms with E-state index in [1.54, 1.807) is 36.0 Å². The lowest BCUT2D eigenvalue weighted by Crippen LogP contribution is -2.35. The fraction of sp³-hybridized carbons (Fsp3) is 0.300. The summed E-state index contributed by atoms with van der Waals surface area (Å²) >= 11 is 0. The van der Waals surface area contributed by atoms with Crippen LogP contribution < -0.4 is 5.32 Å². The summed E-state index contributed by atoms with van der Waals surface area (Å²) in [5.41, 5.74) is 1.81. The largest absolute Gasteiger partial charge is 0.481 e. The Morgan fingerprint density at radius 2 is 1.81 bits per heavy atom. The summed E-state index contributed by atoms with van der Waals surface area (Å²) < 4.78 is 1.79. The van der Waals surface area contributed by atoms with E-state index in [4.69, 9.17) is 0 Å². The molecule has 7 heteroatoms. The monoisotopic (exact) mass is 366 g/mol. The first-order valence-electron chi connectivity index (χ1n) is 8.80. The van der Waals surface area contributed by atoms with Crippen molar-refractivity contribution in [2.45, 2.75) is 32.9 Å². The van der Waals surface area contributed by atoms with Gasteiger partial charge in [0.25, 0.3) is 5.91 Å². The quantitative estimate of drug-likeness (QED) is 0.698. The number of hydrogen-bond donors (Lipinski definition) is 2. The van der Waals surface area contributed by atoms with Gasteiger partial charge in [-0.3, -0.25) is 9.59 Å². The van der Waals surface area contributed by atoms with Gasteiger partial charge in [0.2, 0.25) is 0 Å². The van der Waals surface area contributed by atoms with Gasteiger partial charge in [-0.05, 0) is 32.4 Å². The molecule has 3 rings (SSSR count). The van der Waals surface area contributed by atoms with Crippen molar-refractivity contribution in [1.29, 1.82) is 0 Å². The van der Waals surface area contributed by atoms with Gasteiger partial charge >= 0.3 is 5.97 Å². The lowest BCUT2D eigenvalue weighted by molar-refractivity contribution is -0.142. The number of rotatable bonds is 6. The van der Waals surface area contributed by atoms with Crippen molar-refractivity contribution in [3.63, 3.8) is 0 Å². The lowest BCUT2D eigenvalue weighted by Gasteiger charge is -2.23. The van der Waals surface area contributed by atoms with Gasteiger partial charge in [-0.2, -0.15) is 5.10 Å². The van der Waals surface area contributed by atoms with Gasteiger partial charge in [-0.25, -0.2) is 9.67 Å². The Labute approximate surface area is 157 Å². The number of carbonyl (C=O) groups excluding carboxylic acids is 1. The van der Waals surface area contributed by atoms with Crippen LogP contribution in [0.1, 0.15) is 48.8 Å². The Bertz CT molecular complexity index is 966. The Balaban J connectivity index is 1.89. The number of pyridine rings is 1. The Hall–Kier alpha value is -3.22. The minimum Gasteiger partial charge on any atom is -0.481 e. The zero-order valence-electron chi connectivity index (χ0n) is 15.5. The SMILES string of the molecule is CC(C(=O)O)C(NC(=O)c1cnc2c(cnn2C(C)C)c1)c1ccccc1.